The Balaban J connectivity index is 1.49. The van der Waals surface area contributed by atoms with Crippen molar-refractivity contribution in [3.63, 3.8) is 0 Å². The largest absolute Gasteiger partial charge is 0.497 e. The number of aryl methyl sites for hydroxylation is 1. The molecule has 0 fully saturated rings. The summed E-state index contributed by atoms with van der Waals surface area (Å²) in [6, 6.07) is 12.9. The first kappa shape index (κ1) is 20.8. The molecule has 1 aliphatic rings. The maximum atomic E-state index is 12.8. The Hall–Kier alpha value is -3.48. The number of nitrogens with one attached hydrogen (secondary N) is 1. The number of nitrogens with zero attached hydrogens (tertiary/aromatic N) is 2. The molecule has 0 aliphatic carbocycles. The molecule has 4 rings (SSSR count). The zero-order valence-electron chi connectivity index (χ0n) is 18.2. The average molecular weight is 421 g/mol. The summed E-state index contributed by atoms with van der Waals surface area (Å²) in [5.74, 6) is 2.52. The topological polar surface area (TPSA) is 74.6 Å². The van der Waals surface area contributed by atoms with Crippen molar-refractivity contribution >= 4 is 5.91 Å². The number of hydrogen-bond donors (Lipinski definition) is 1. The summed E-state index contributed by atoms with van der Waals surface area (Å²) in [6.45, 7) is 3.95. The first-order valence-electron chi connectivity index (χ1n) is 10.2. The van der Waals surface area contributed by atoms with Crippen LogP contribution in [-0.2, 0) is 18.3 Å². The van der Waals surface area contributed by atoms with Crippen LogP contribution in [0.1, 0.15) is 36.8 Å². The lowest BCUT2D eigenvalue weighted by Crippen LogP contribution is -2.34. The molecule has 3 aromatic rings. The third-order valence-corrected chi connectivity index (χ3v) is 5.28. The molecule has 1 unspecified atom stereocenters. The minimum Gasteiger partial charge on any atom is -0.497 e. The Morgan fingerprint density at radius 2 is 2.03 bits per heavy atom. The van der Waals surface area contributed by atoms with Gasteiger partial charge in [-0.15, -0.1) is 0 Å². The quantitative estimate of drug-likeness (QED) is 0.633. The van der Waals surface area contributed by atoms with Crippen LogP contribution in [0.2, 0.25) is 0 Å². The third kappa shape index (κ3) is 4.50. The molecule has 31 heavy (non-hydrogen) atoms. The van der Waals surface area contributed by atoms with Gasteiger partial charge in [0.25, 0.3) is 5.91 Å². The zero-order valence-corrected chi connectivity index (χ0v) is 18.2. The number of imidazole rings is 1. The van der Waals surface area contributed by atoms with Crippen molar-refractivity contribution in [2.45, 2.75) is 31.9 Å². The molecule has 1 aromatic heterocycles. The molecule has 2 aromatic carbocycles. The van der Waals surface area contributed by atoms with E-state index in [1.807, 2.05) is 74.1 Å². The molecule has 0 spiro atoms. The van der Waals surface area contributed by atoms with Gasteiger partial charge in [-0.3, -0.25) is 4.79 Å². The van der Waals surface area contributed by atoms with Gasteiger partial charge in [0.2, 0.25) is 0 Å². The fourth-order valence-corrected chi connectivity index (χ4v) is 3.80. The summed E-state index contributed by atoms with van der Waals surface area (Å²) < 4.78 is 19.0. The van der Waals surface area contributed by atoms with Gasteiger partial charge < -0.3 is 24.1 Å². The van der Waals surface area contributed by atoms with Crippen molar-refractivity contribution in [3.05, 3.63) is 71.8 Å². The van der Waals surface area contributed by atoms with Gasteiger partial charge >= 0.3 is 0 Å². The van der Waals surface area contributed by atoms with E-state index in [1.165, 1.54) is 0 Å². The second kappa shape index (κ2) is 8.34. The smallest absolute Gasteiger partial charge is 0.258 e. The molecule has 0 saturated heterocycles. The number of ether oxygens (including phenoxy) is 3. The molecular formula is C24H27N3O4. The Morgan fingerprint density at radius 3 is 2.71 bits per heavy atom. The van der Waals surface area contributed by atoms with Gasteiger partial charge in [-0.05, 0) is 37.6 Å². The Morgan fingerprint density at radius 1 is 1.26 bits per heavy atom. The van der Waals surface area contributed by atoms with Crippen molar-refractivity contribution in [1.82, 2.24) is 14.9 Å². The zero-order chi connectivity index (χ0) is 22.0. The summed E-state index contributed by atoms with van der Waals surface area (Å²) in [7, 11) is 3.52. The van der Waals surface area contributed by atoms with Crippen LogP contribution in [0.25, 0.3) is 0 Å². The van der Waals surface area contributed by atoms with Gasteiger partial charge in [0, 0.05) is 31.4 Å². The molecule has 0 radical (unpaired) electrons. The number of carbonyl (C=O) groups excluding carboxylic acids is 1. The number of carbonyl (C=O) groups is 1. The van der Waals surface area contributed by atoms with Crippen LogP contribution in [0, 0.1) is 0 Å². The normalized spacial score (nSPS) is 15.0. The highest BCUT2D eigenvalue weighted by molar-refractivity contribution is 5.78. The fraction of sp³-hybridized carbons (Fsp3) is 0.333. The van der Waals surface area contributed by atoms with E-state index < -0.39 is 6.04 Å². The van der Waals surface area contributed by atoms with Crippen LogP contribution in [-0.4, -0.2) is 34.8 Å². The summed E-state index contributed by atoms with van der Waals surface area (Å²) in [5.41, 5.74) is 1.71. The SMILES string of the molecule is COc1ccc(C(NC(=O)COc2cccc3c2OC(C)(C)C3)c2nccn2C)cc1. The van der Waals surface area contributed by atoms with E-state index in [0.29, 0.717) is 5.75 Å². The van der Waals surface area contributed by atoms with Crippen molar-refractivity contribution < 1.29 is 19.0 Å². The number of benzene rings is 2. The molecular weight excluding hydrogens is 394 g/mol. The van der Waals surface area contributed by atoms with Gasteiger partial charge in [-0.2, -0.15) is 0 Å². The third-order valence-electron chi connectivity index (χ3n) is 5.28. The lowest BCUT2D eigenvalue weighted by atomic mass is 10.0. The Kier molecular flexibility index (Phi) is 5.59. The monoisotopic (exact) mass is 421 g/mol. The summed E-state index contributed by atoms with van der Waals surface area (Å²) in [4.78, 5) is 17.2. The van der Waals surface area contributed by atoms with Gasteiger partial charge in [-0.25, -0.2) is 4.98 Å². The van der Waals surface area contributed by atoms with Crippen LogP contribution in [0.5, 0.6) is 17.2 Å². The van der Waals surface area contributed by atoms with Gasteiger partial charge in [0.05, 0.1) is 7.11 Å². The van der Waals surface area contributed by atoms with Crippen LogP contribution >= 0.6 is 0 Å². The fourth-order valence-electron chi connectivity index (χ4n) is 3.80. The standard InChI is InChI=1S/C24H27N3O4/c1-24(2)14-17-6-5-7-19(22(17)31-24)30-15-20(28)26-21(23-25-12-13-27(23)3)16-8-10-18(29-4)11-9-16/h5-13,21H,14-15H2,1-4H3,(H,26,28). The highest BCUT2D eigenvalue weighted by atomic mass is 16.5. The second-order valence-corrected chi connectivity index (χ2v) is 8.24. The number of hydrogen-bond acceptors (Lipinski definition) is 5. The molecule has 2 heterocycles. The molecule has 7 heteroatoms. The highest BCUT2D eigenvalue weighted by Gasteiger charge is 2.32. The number of amides is 1. The molecule has 1 atom stereocenters. The average Bonchev–Trinajstić information content (AvgIpc) is 3.31. The van der Waals surface area contributed by atoms with Gasteiger partial charge in [0.15, 0.2) is 18.1 Å². The second-order valence-electron chi connectivity index (χ2n) is 8.24. The maximum absolute atomic E-state index is 12.8. The minimum absolute atomic E-state index is 0.128. The molecule has 0 bridgehead atoms. The van der Waals surface area contributed by atoms with Crippen molar-refractivity contribution in [1.29, 1.82) is 0 Å². The summed E-state index contributed by atoms with van der Waals surface area (Å²) >= 11 is 0. The van der Waals surface area contributed by atoms with E-state index >= 15 is 0 Å². The van der Waals surface area contributed by atoms with E-state index in [4.69, 9.17) is 14.2 Å². The maximum Gasteiger partial charge on any atom is 0.258 e. The predicted molar refractivity (Wildman–Crippen MR) is 117 cm³/mol. The Labute approximate surface area is 182 Å². The molecule has 1 amide bonds. The minimum atomic E-state index is -0.418. The number of methoxy groups -OCH3 is 1. The lowest BCUT2D eigenvalue weighted by Gasteiger charge is -2.20. The summed E-state index contributed by atoms with van der Waals surface area (Å²) in [5, 5.41) is 3.04. The lowest BCUT2D eigenvalue weighted by molar-refractivity contribution is -0.123. The van der Waals surface area contributed by atoms with Crippen LogP contribution in [0.4, 0.5) is 0 Å². The number of fused-ring (bicyclic) bond motifs is 1. The Bertz CT molecular complexity index is 1070. The first-order chi connectivity index (χ1) is 14.9. The van der Waals surface area contributed by atoms with E-state index in [2.05, 4.69) is 10.3 Å². The van der Waals surface area contributed by atoms with Crippen molar-refractivity contribution in [2.24, 2.45) is 7.05 Å². The van der Waals surface area contributed by atoms with Crippen LogP contribution in [0.15, 0.2) is 54.9 Å². The summed E-state index contributed by atoms with van der Waals surface area (Å²) in [6.07, 6.45) is 4.37. The van der Waals surface area contributed by atoms with Crippen LogP contribution < -0.4 is 19.5 Å². The van der Waals surface area contributed by atoms with Gasteiger partial charge in [0.1, 0.15) is 23.2 Å². The molecule has 1 aliphatic heterocycles. The number of para-hydroxylation sites is 1. The van der Waals surface area contributed by atoms with E-state index in [9.17, 15) is 4.79 Å². The highest BCUT2D eigenvalue weighted by Crippen LogP contribution is 2.41. The van der Waals surface area contributed by atoms with E-state index in [-0.39, 0.29) is 18.1 Å². The molecule has 162 valence electrons. The van der Waals surface area contributed by atoms with Crippen LogP contribution in [0.3, 0.4) is 0 Å². The molecule has 7 nitrogen and oxygen atoms in total. The predicted octanol–water partition coefficient (Wildman–Crippen LogP) is 3.43. The van der Waals surface area contributed by atoms with Gasteiger partial charge in [-0.1, -0.05) is 24.3 Å². The molecule has 1 N–H and O–H groups in total. The van der Waals surface area contributed by atoms with Crippen molar-refractivity contribution in [3.8, 4) is 17.2 Å². The first-order valence-corrected chi connectivity index (χ1v) is 10.2. The van der Waals surface area contributed by atoms with Crippen molar-refractivity contribution in [2.75, 3.05) is 13.7 Å². The van der Waals surface area contributed by atoms with E-state index in [1.54, 1.807) is 13.3 Å². The van der Waals surface area contributed by atoms with E-state index in [0.717, 1.165) is 34.9 Å². The molecule has 0 saturated carbocycles. The number of aromatic nitrogens is 2. The number of rotatable bonds is 7.